The number of nitrogens with one attached hydrogen (secondary N) is 1. The van der Waals surface area contributed by atoms with Crippen LogP contribution in [0.15, 0.2) is 54.6 Å². The van der Waals surface area contributed by atoms with Gasteiger partial charge in [0.2, 0.25) is 11.8 Å². The van der Waals surface area contributed by atoms with Crippen LogP contribution in [-0.4, -0.2) is 29.8 Å². The molecular weight excluding hydrogens is 336 g/mol. The molecule has 1 saturated heterocycles. The van der Waals surface area contributed by atoms with Crippen molar-refractivity contribution in [2.24, 2.45) is 0 Å². The zero-order valence-electron chi connectivity index (χ0n) is 16.0. The summed E-state index contributed by atoms with van der Waals surface area (Å²) in [6.45, 7) is 3.66. The van der Waals surface area contributed by atoms with E-state index in [-0.39, 0.29) is 11.8 Å². The van der Waals surface area contributed by atoms with Crippen LogP contribution in [0.2, 0.25) is 0 Å². The van der Waals surface area contributed by atoms with E-state index in [2.05, 4.69) is 24.4 Å². The highest BCUT2D eigenvalue weighted by Crippen LogP contribution is 2.20. The zero-order valence-corrected chi connectivity index (χ0v) is 16.0. The van der Waals surface area contributed by atoms with Gasteiger partial charge < -0.3 is 10.2 Å². The number of nitrogens with zero attached hydrogens (tertiary/aromatic N) is 1. The average Bonchev–Trinajstić information content (AvgIpc) is 3.23. The van der Waals surface area contributed by atoms with Gasteiger partial charge in [0.05, 0.1) is 0 Å². The summed E-state index contributed by atoms with van der Waals surface area (Å²) in [5.74, 6) is -0.0593. The van der Waals surface area contributed by atoms with Gasteiger partial charge in [-0.3, -0.25) is 9.59 Å². The molecule has 0 aromatic heterocycles. The van der Waals surface area contributed by atoms with Gasteiger partial charge in [0.15, 0.2) is 0 Å². The summed E-state index contributed by atoms with van der Waals surface area (Å²) in [6.07, 6.45) is 4.15. The summed E-state index contributed by atoms with van der Waals surface area (Å²) in [7, 11) is 0. The Kier molecular flexibility index (Phi) is 6.64. The van der Waals surface area contributed by atoms with Crippen molar-refractivity contribution in [1.82, 2.24) is 10.2 Å². The van der Waals surface area contributed by atoms with Crippen LogP contribution in [0.1, 0.15) is 48.4 Å². The predicted molar refractivity (Wildman–Crippen MR) is 107 cm³/mol. The molecule has 27 heavy (non-hydrogen) atoms. The largest absolute Gasteiger partial charge is 0.341 e. The number of rotatable bonds is 7. The van der Waals surface area contributed by atoms with Crippen LogP contribution >= 0.6 is 0 Å². The van der Waals surface area contributed by atoms with E-state index in [0.29, 0.717) is 6.42 Å². The highest BCUT2D eigenvalue weighted by molar-refractivity contribution is 5.88. The van der Waals surface area contributed by atoms with Crippen LogP contribution in [0.25, 0.3) is 0 Å². The lowest BCUT2D eigenvalue weighted by Crippen LogP contribution is -2.41. The van der Waals surface area contributed by atoms with Crippen LogP contribution in [0.4, 0.5) is 0 Å². The Balaban J connectivity index is 1.60. The summed E-state index contributed by atoms with van der Waals surface area (Å²) < 4.78 is 0. The molecule has 1 aliphatic rings. The molecule has 1 atom stereocenters. The summed E-state index contributed by atoms with van der Waals surface area (Å²) in [6, 6.07) is 17.2. The van der Waals surface area contributed by atoms with Crippen LogP contribution in [0, 0.1) is 6.92 Å². The SMILES string of the molecule is Cc1ccccc1CCCC(=O)NC(C(=O)N1CCCC1)c1ccccc1. The molecule has 1 unspecified atom stereocenters. The first-order valence-corrected chi connectivity index (χ1v) is 9.83. The molecule has 3 rings (SSSR count). The third kappa shape index (κ3) is 5.19. The van der Waals surface area contributed by atoms with Crippen LogP contribution in [-0.2, 0) is 16.0 Å². The molecule has 1 N–H and O–H groups in total. The maximum Gasteiger partial charge on any atom is 0.249 e. The molecule has 0 radical (unpaired) electrons. The van der Waals surface area contributed by atoms with Crippen molar-refractivity contribution in [3.8, 4) is 0 Å². The topological polar surface area (TPSA) is 49.4 Å². The monoisotopic (exact) mass is 364 g/mol. The Morgan fingerprint density at radius 1 is 1.00 bits per heavy atom. The van der Waals surface area contributed by atoms with E-state index in [1.807, 2.05) is 47.4 Å². The van der Waals surface area contributed by atoms with Gasteiger partial charge in [-0.25, -0.2) is 0 Å². The summed E-state index contributed by atoms with van der Waals surface area (Å²) >= 11 is 0. The number of amides is 2. The Morgan fingerprint density at radius 3 is 2.37 bits per heavy atom. The molecule has 4 nitrogen and oxygen atoms in total. The zero-order chi connectivity index (χ0) is 19.1. The Morgan fingerprint density at radius 2 is 1.67 bits per heavy atom. The molecule has 1 fully saturated rings. The van der Waals surface area contributed by atoms with Gasteiger partial charge >= 0.3 is 0 Å². The highest BCUT2D eigenvalue weighted by Gasteiger charge is 2.28. The van der Waals surface area contributed by atoms with Crippen molar-refractivity contribution in [2.75, 3.05) is 13.1 Å². The first-order chi connectivity index (χ1) is 13.1. The van der Waals surface area contributed by atoms with Crippen molar-refractivity contribution in [2.45, 2.75) is 45.1 Å². The third-order valence-electron chi connectivity index (χ3n) is 5.21. The quantitative estimate of drug-likeness (QED) is 0.812. The van der Waals surface area contributed by atoms with E-state index in [0.717, 1.165) is 44.3 Å². The van der Waals surface area contributed by atoms with E-state index < -0.39 is 6.04 Å². The van der Waals surface area contributed by atoms with E-state index in [4.69, 9.17) is 0 Å². The highest BCUT2D eigenvalue weighted by atomic mass is 16.2. The lowest BCUT2D eigenvalue weighted by molar-refractivity contribution is -0.135. The van der Waals surface area contributed by atoms with Crippen LogP contribution < -0.4 is 5.32 Å². The van der Waals surface area contributed by atoms with Crippen LogP contribution in [0.3, 0.4) is 0 Å². The molecule has 1 heterocycles. The third-order valence-corrected chi connectivity index (χ3v) is 5.21. The maximum atomic E-state index is 12.9. The number of hydrogen-bond donors (Lipinski definition) is 1. The van der Waals surface area contributed by atoms with Gasteiger partial charge in [-0.2, -0.15) is 0 Å². The molecule has 1 aliphatic heterocycles. The Bertz CT molecular complexity index is 767. The lowest BCUT2D eigenvalue weighted by atomic mass is 10.0. The van der Waals surface area contributed by atoms with Crippen molar-refractivity contribution < 1.29 is 9.59 Å². The first-order valence-electron chi connectivity index (χ1n) is 9.83. The van der Waals surface area contributed by atoms with E-state index >= 15 is 0 Å². The second kappa shape index (κ2) is 9.36. The molecule has 142 valence electrons. The number of aryl methyl sites for hydroxylation is 2. The average molecular weight is 364 g/mol. The lowest BCUT2D eigenvalue weighted by Gasteiger charge is -2.24. The fraction of sp³-hybridized carbons (Fsp3) is 0.391. The van der Waals surface area contributed by atoms with Gasteiger partial charge in [-0.05, 0) is 49.3 Å². The molecular formula is C23H28N2O2. The van der Waals surface area contributed by atoms with Crippen molar-refractivity contribution in [3.05, 3.63) is 71.3 Å². The summed E-state index contributed by atoms with van der Waals surface area (Å²) in [4.78, 5) is 27.3. The normalized spacial score (nSPS) is 14.8. The van der Waals surface area contributed by atoms with Crippen molar-refractivity contribution in [1.29, 1.82) is 0 Å². The minimum atomic E-state index is -0.588. The minimum Gasteiger partial charge on any atom is -0.341 e. The fourth-order valence-electron chi connectivity index (χ4n) is 3.62. The molecule has 0 spiro atoms. The first kappa shape index (κ1) is 19.2. The second-order valence-corrected chi connectivity index (χ2v) is 7.22. The molecule has 2 aromatic carbocycles. The fourth-order valence-corrected chi connectivity index (χ4v) is 3.62. The van der Waals surface area contributed by atoms with Gasteiger partial charge in [0, 0.05) is 19.5 Å². The van der Waals surface area contributed by atoms with E-state index in [1.54, 1.807) is 0 Å². The minimum absolute atomic E-state index is 0.00551. The van der Waals surface area contributed by atoms with Gasteiger partial charge in [0.25, 0.3) is 0 Å². The number of carbonyl (C=O) groups is 2. The summed E-state index contributed by atoms with van der Waals surface area (Å²) in [5.41, 5.74) is 3.38. The standard InChI is InChI=1S/C23H28N2O2/c1-18-10-5-6-11-19(18)14-9-15-21(26)24-22(20-12-3-2-4-13-20)23(27)25-16-7-8-17-25/h2-6,10-13,22H,7-9,14-17H2,1H3,(H,24,26). The number of likely N-dealkylation sites (tertiary alicyclic amines) is 1. The van der Waals surface area contributed by atoms with E-state index in [1.165, 1.54) is 11.1 Å². The predicted octanol–water partition coefficient (Wildman–Crippen LogP) is 3.80. The van der Waals surface area contributed by atoms with Crippen LogP contribution in [0.5, 0.6) is 0 Å². The van der Waals surface area contributed by atoms with Gasteiger partial charge in [-0.1, -0.05) is 54.6 Å². The summed E-state index contributed by atoms with van der Waals surface area (Å²) in [5, 5.41) is 2.98. The number of carbonyl (C=O) groups excluding carboxylic acids is 2. The number of benzene rings is 2. The maximum absolute atomic E-state index is 12.9. The Hall–Kier alpha value is -2.62. The van der Waals surface area contributed by atoms with Gasteiger partial charge in [0.1, 0.15) is 6.04 Å². The Labute approximate surface area is 161 Å². The van der Waals surface area contributed by atoms with E-state index in [9.17, 15) is 9.59 Å². The molecule has 0 aliphatic carbocycles. The second-order valence-electron chi connectivity index (χ2n) is 7.22. The number of hydrogen-bond acceptors (Lipinski definition) is 2. The smallest absolute Gasteiger partial charge is 0.249 e. The van der Waals surface area contributed by atoms with Gasteiger partial charge in [-0.15, -0.1) is 0 Å². The molecule has 2 aromatic rings. The van der Waals surface area contributed by atoms with Crippen molar-refractivity contribution >= 4 is 11.8 Å². The molecule has 0 saturated carbocycles. The molecule has 2 amide bonds. The molecule has 0 bridgehead atoms. The molecule has 4 heteroatoms. The van der Waals surface area contributed by atoms with Crippen molar-refractivity contribution in [3.63, 3.8) is 0 Å².